The van der Waals surface area contributed by atoms with Crippen LogP contribution in [0.3, 0.4) is 0 Å². The molecule has 1 aliphatic carbocycles. The van der Waals surface area contributed by atoms with Gasteiger partial charge < -0.3 is 19.9 Å². The summed E-state index contributed by atoms with van der Waals surface area (Å²) < 4.78 is 5.44. The molecule has 1 saturated carbocycles. The predicted molar refractivity (Wildman–Crippen MR) is 80.7 cm³/mol. The van der Waals surface area contributed by atoms with E-state index in [4.69, 9.17) is 4.74 Å². The van der Waals surface area contributed by atoms with Gasteiger partial charge in [-0.25, -0.2) is 4.79 Å². The Kier molecular flexibility index (Phi) is 4.13. The van der Waals surface area contributed by atoms with Crippen molar-refractivity contribution in [3.05, 3.63) is 18.2 Å². The van der Waals surface area contributed by atoms with E-state index >= 15 is 0 Å². The van der Waals surface area contributed by atoms with E-state index in [9.17, 15) is 4.79 Å². The number of urea groups is 1. The number of rotatable bonds is 4. The molecule has 2 fully saturated rings. The van der Waals surface area contributed by atoms with Crippen LogP contribution in [0.15, 0.2) is 18.2 Å². The average molecular weight is 290 g/mol. The van der Waals surface area contributed by atoms with Crippen LogP contribution >= 0.6 is 0 Å². The summed E-state index contributed by atoms with van der Waals surface area (Å²) in [5.41, 5.74) is 0. The first kappa shape index (κ1) is 14.0. The molecule has 6 nitrogen and oxygen atoms in total. The fraction of sp³-hybridized carbons (Fsp3) is 0.600. The van der Waals surface area contributed by atoms with Gasteiger partial charge in [0.1, 0.15) is 5.82 Å². The van der Waals surface area contributed by atoms with Gasteiger partial charge in [-0.15, -0.1) is 0 Å². The van der Waals surface area contributed by atoms with E-state index in [2.05, 4.69) is 15.2 Å². The topological polar surface area (TPSA) is 57.7 Å². The molecule has 0 bridgehead atoms. The van der Waals surface area contributed by atoms with Crippen LogP contribution in [0, 0.1) is 0 Å². The second-order valence-electron chi connectivity index (χ2n) is 5.46. The first-order valence-electron chi connectivity index (χ1n) is 7.66. The lowest BCUT2D eigenvalue weighted by molar-refractivity contribution is 0.193. The second-order valence-corrected chi connectivity index (χ2v) is 5.46. The summed E-state index contributed by atoms with van der Waals surface area (Å²) in [5, 5.41) is 3.04. The molecule has 6 heteroatoms. The van der Waals surface area contributed by atoms with Crippen molar-refractivity contribution in [3.63, 3.8) is 0 Å². The lowest BCUT2D eigenvalue weighted by Gasteiger charge is -2.35. The first-order valence-corrected chi connectivity index (χ1v) is 7.66. The number of piperazine rings is 1. The van der Waals surface area contributed by atoms with E-state index in [0.29, 0.717) is 18.5 Å². The number of anilines is 1. The van der Waals surface area contributed by atoms with Crippen LogP contribution in [0.4, 0.5) is 10.6 Å². The highest BCUT2D eigenvalue weighted by molar-refractivity contribution is 5.75. The Morgan fingerprint density at radius 1 is 1.33 bits per heavy atom. The van der Waals surface area contributed by atoms with Crippen LogP contribution in [-0.4, -0.2) is 54.7 Å². The molecule has 114 valence electrons. The molecule has 1 N–H and O–H groups in total. The molecule has 2 aliphatic rings. The summed E-state index contributed by atoms with van der Waals surface area (Å²) in [5.74, 6) is 1.58. The lowest BCUT2D eigenvalue weighted by Crippen LogP contribution is -2.52. The highest BCUT2D eigenvalue weighted by Gasteiger charge is 2.28. The number of amides is 2. The zero-order chi connectivity index (χ0) is 14.7. The maximum absolute atomic E-state index is 12.0. The van der Waals surface area contributed by atoms with Gasteiger partial charge in [-0.05, 0) is 25.8 Å². The highest BCUT2D eigenvalue weighted by Crippen LogP contribution is 2.20. The molecule has 0 atom stereocenters. The van der Waals surface area contributed by atoms with Crippen molar-refractivity contribution in [2.24, 2.45) is 0 Å². The minimum Gasteiger partial charge on any atom is -0.478 e. The SMILES string of the molecule is CCOc1cccc(N2CCN(C(=O)NC3CC3)CC2)n1. The smallest absolute Gasteiger partial charge is 0.317 e. The van der Waals surface area contributed by atoms with Gasteiger partial charge in [0.15, 0.2) is 0 Å². The number of carbonyl (C=O) groups excluding carboxylic acids is 1. The molecular formula is C15H22N4O2. The zero-order valence-electron chi connectivity index (χ0n) is 12.4. The zero-order valence-corrected chi connectivity index (χ0v) is 12.4. The average Bonchev–Trinajstić information content (AvgIpc) is 3.32. The summed E-state index contributed by atoms with van der Waals surface area (Å²) in [6.45, 7) is 5.65. The minimum absolute atomic E-state index is 0.0770. The fourth-order valence-corrected chi connectivity index (χ4v) is 2.44. The van der Waals surface area contributed by atoms with Gasteiger partial charge in [0, 0.05) is 38.3 Å². The molecule has 0 unspecified atom stereocenters. The van der Waals surface area contributed by atoms with E-state index in [1.54, 1.807) is 0 Å². The number of nitrogens with zero attached hydrogens (tertiary/aromatic N) is 3. The molecule has 1 saturated heterocycles. The first-order chi connectivity index (χ1) is 10.3. The predicted octanol–water partition coefficient (Wildman–Crippen LogP) is 1.47. The molecule has 0 spiro atoms. The normalized spacial score (nSPS) is 18.5. The summed E-state index contributed by atoms with van der Waals surface area (Å²) >= 11 is 0. The number of carbonyl (C=O) groups is 1. The highest BCUT2D eigenvalue weighted by atomic mass is 16.5. The molecule has 0 aromatic carbocycles. The lowest BCUT2D eigenvalue weighted by atomic mass is 10.3. The van der Waals surface area contributed by atoms with Crippen molar-refractivity contribution in [3.8, 4) is 5.88 Å². The minimum atomic E-state index is 0.0770. The number of hydrogen-bond acceptors (Lipinski definition) is 4. The second kappa shape index (κ2) is 6.20. The van der Waals surface area contributed by atoms with Crippen LogP contribution in [0.1, 0.15) is 19.8 Å². The number of pyridine rings is 1. The van der Waals surface area contributed by atoms with Crippen molar-refractivity contribution in [2.75, 3.05) is 37.7 Å². The Hall–Kier alpha value is -1.98. The van der Waals surface area contributed by atoms with Crippen LogP contribution in [0.5, 0.6) is 5.88 Å². The Morgan fingerprint density at radius 2 is 2.10 bits per heavy atom. The van der Waals surface area contributed by atoms with Crippen LogP contribution in [0.25, 0.3) is 0 Å². The number of aromatic nitrogens is 1. The van der Waals surface area contributed by atoms with E-state index in [0.717, 1.165) is 44.8 Å². The summed E-state index contributed by atoms with van der Waals surface area (Å²) in [7, 11) is 0. The van der Waals surface area contributed by atoms with Gasteiger partial charge in [0.05, 0.1) is 6.61 Å². The Balaban J connectivity index is 1.54. The molecule has 21 heavy (non-hydrogen) atoms. The molecule has 1 aromatic heterocycles. The van der Waals surface area contributed by atoms with Crippen LogP contribution < -0.4 is 15.0 Å². The van der Waals surface area contributed by atoms with E-state index in [1.165, 1.54) is 0 Å². The van der Waals surface area contributed by atoms with Crippen molar-refractivity contribution in [1.82, 2.24) is 15.2 Å². The third kappa shape index (κ3) is 3.56. The van der Waals surface area contributed by atoms with Gasteiger partial charge in [-0.1, -0.05) is 6.07 Å². The largest absolute Gasteiger partial charge is 0.478 e. The molecule has 2 heterocycles. The summed E-state index contributed by atoms with van der Waals surface area (Å²) in [6, 6.07) is 6.31. The van der Waals surface area contributed by atoms with Crippen molar-refractivity contribution >= 4 is 11.8 Å². The summed E-state index contributed by atoms with van der Waals surface area (Å²) in [6.07, 6.45) is 2.25. The van der Waals surface area contributed by atoms with Crippen LogP contribution in [-0.2, 0) is 0 Å². The number of nitrogens with one attached hydrogen (secondary N) is 1. The van der Waals surface area contributed by atoms with E-state index in [1.807, 2.05) is 30.0 Å². The van der Waals surface area contributed by atoms with E-state index < -0.39 is 0 Å². The van der Waals surface area contributed by atoms with Crippen LogP contribution in [0.2, 0.25) is 0 Å². The van der Waals surface area contributed by atoms with Gasteiger partial charge in [0.2, 0.25) is 5.88 Å². The monoisotopic (exact) mass is 290 g/mol. The van der Waals surface area contributed by atoms with Gasteiger partial charge in [-0.3, -0.25) is 0 Å². The maximum atomic E-state index is 12.0. The van der Waals surface area contributed by atoms with Gasteiger partial charge in [0.25, 0.3) is 0 Å². The number of ether oxygens (including phenoxy) is 1. The third-order valence-corrected chi connectivity index (χ3v) is 3.80. The Morgan fingerprint density at radius 3 is 2.76 bits per heavy atom. The van der Waals surface area contributed by atoms with Gasteiger partial charge >= 0.3 is 6.03 Å². The maximum Gasteiger partial charge on any atom is 0.317 e. The van der Waals surface area contributed by atoms with E-state index in [-0.39, 0.29) is 6.03 Å². The molecule has 0 radical (unpaired) electrons. The molecular weight excluding hydrogens is 268 g/mol. The number of hydrogen-bond donors (Lipinski definition) is 1. The van der Waals surface area contributed by atoms with Crippen molar-refractivity contribution < 1.29 is 9.53 Å². The van der Waals surface area contributed by atoms with Gasteiger partial charge in [-0.2, -0.15) is 4.98 Å². The Bertz CT molecular complexity index is 496. The molecule has 2 amide bonds. The van der Waals surface area contributed by atoms with Crippen molar-refractivity contribution in [1.29, 1.82) is 0 Å². The summed E-state index contributed by atoms with van der Waals surface area (Å²) in [4.78, 5) is 20.6. The van der Waals surface area contributed by atoms with Crippen molar-refractivity contribution in [2.45, 2.75) is 25.8 Å². The quantitative estimate of drug-likeness (QED) is 0.912. The third-order valence-electron chi connectivity index (χ3n) is 3.80. The standard InChI is InChI=1S/C15H22N4O2/c1-2-21-14-5-3-4-13(17-14)18-8-10-19(11-9-18)15(20)16-12-6-7-12/h3-5,12H,2,6-11H2,1H3,(H,16,20). The fourth-order valence-electron chi connectivity index (χ4n) is 2.44. The molecule has 1 aromatic rings. The molecule has 3 rings (SSSR count). The molecule has 1 aliphatic heterocycles. The Labute approximate surface area is 125 Å².